The lowest BCUT2D eigenvalue weighted by molar-refractivity contribution is 0.464. The Labute approximate surface area is 173 Å². The molecule has 3 aromatic rings. The van der Waals surface area contributed by atoms with Crippen LogP contribution in [0.1, 0.15) is 45.6 Å². The molecule has 0 atom stereocenters. The zero-order chi connectivity index (χ0) is 21.4. The fourth-order valence-corrected chi connectivity index (χ4v) is 3.77. The first-order valence-corrected chi connectivity index (χ1v) is 11.2. The SMILES string of the molecule is CC(C)c1ccc(S(=O)(=O)c2ccc(Oc3ccc(O)cc3)cc2)cc1.CCC. The number of sulfone groups is 1. The van der Waals surface area contributed by atoms with Gasteiger partial charge in [-0.1, -0.05) is 46.2 Å². The van der Waals surface area contributed by atoms with Crippen LogP contribution >= 0.6 is 0 Å². The predicted octanol–water partition coefficient (Wildman–Crippen LogP) is 6.56. The highest BCUT2D eigenvalue weighted by atomic mass is 32.2. The molecule has 0 aliphatic rings. The molecule has 5 heteroatoms. The number of hydrogen-bond donors (Lipinski definition) is 1. The molecule has 0 saturated carbocycles. The molecular weight excluding hydrogens is 384 g/mol. The topological polar surface area (TPSA) is 63.6 Å². The van der Waals surface area contributed by atoms with Crippen molar-refractivity contribution in [2.24, 2.45) is 0 Å². The first-order valence-electron chi connectivity index (χ1n) is 9.70. The smallest absolute Gasteiger partial charge is 0.206 e. The molecule has 0 aromatic heterocycles. The highest BCUT2D eigenvalue weighted by Crippen LogP contribution is 2.27. The minimum Gasteiger partial charge on any atom is -0.508 e. The van der Waals surface area contributed by atoms with Gasteiger partial charge < -0.3 is 9.84 Å². The van der Waals surface area contributed by atoms with Gasteiger partial charge in [0.2, 0.25) is 9.84 Å². The first kappa shape index (κ1) is 22.5. The van der Waals surface area contributed by atoms with E-state index in [1.54, 1.807) is 36.4 Å². The molecule has 0 amide bonds. The van der Waals surface area contributed by atoms with Gasteiger partial charge in [-0.15, -0.1) is 0 Å². The second-order valence-electron chi connectivity index (χ2n) is 7.00. The zero-order valence-corrected chi connectivity index (χ0v) is 18.1. The quantitative estimate of drug-likeness (QED) is 0.515. The van der Waals surface area contributed by atoms with Crippen LogP contribution in [0.3, 0.4) is 0 Å². The van der Waals surface area contributed by atoms with Gasteiger partial charge in [0.05, 0.1) is 9.79 Å². The van der Waals surface area contributed by atoms with Gasteiger partial charge in [0.15, 0.2) is 0 Å². The summed E-state index contributed by atoms with van der Waals surface area (Å²) in [5.41, 5.74) is 1.10. The fraction of sp³-hybridized carbons (Fsp3) is 0.250. The average molecular weight is 413 g/mol. The molecule has 0 heterocycles. The lowest BCUT2D eigenvalue weighted by Gasteiger charge is -2.09. The summed E-state index contributed by atoms with van der Waals surface area (Å²) in [6, 6.07) is 19.6. The third-order valence-corrected chi connectivity index (χ3v) is 5.85. The molecule has 0 radical (unpaired) electrons. The number of rotatable bonds is 5. The Balaban J connectivity index is 0.000000941. The Morgan fingerprint density at radius 3 is 1.55 bits per heavy atom. The Kier molecular flexibility index (Phi) is 7.85. The van der Waals surface area contributed by atoms with Crippen molar-refractivity contribution in [2.45, 2.75) is 49.8 Å². The van der Waals surface area contributed by atoms with Crippen molar-refractivity contribution < 1.29 is 18.3 Å². The molecule has 0 bridgehead atoms. The van der Waals surface area contributed by atoms with Crippen LogP contribution in [0.4, 0.5) is 0 Å². The number of ether oxygens (including phenoxy) is 1. The van der Waals surface area contributed by atoms with Gasteiger partial charge in [0.25, 0.3) is 0 Å². The number of phenolic OH excluding ortho intramolecular Hbond substituents is 1. The number of benzene rings is 3. The summed E-state index contributed by atoms with van der Waals surface area (Å²) >= 11 is 0. The van der Waals surface area contributed by atoms with Crippen molar-refractivity contribution in [2.75, 3.05) is 0 Å². The van der Waals surface area contributed by atoms with Gasteiger partial charge >= 0.3 is 0 Å². The highest BCUT2D eigenvalue weighted by Gasteiger charge is 2.17. The molecule has 0 spiro atoms. The molecule has 0 aliphatic heterocycles. The van der Waals surface area contributed by atoms with E-state index in [1.165, 1.54) is 30.7 Å². The summed E-state index contributed by atoms with van der Waals surface area (Å²) in [6.45, 7) is 8.38. The van der Waals surface area contributed by atoms with Gasteiger partial charge in [-0.3, -0.25) is 0 Å². The Hall–Kier alpha value is -2.79. The summed E-state index contributed by atoms with van der Waals surface area (Å²) in [6.07, 6.45) is 1.25. The number of phenols is 1. The molecule has 154 valence electrons. The maximum atomic E-state index is 12.8. The fourth-order valence-electron chi connectivity index (χ4n) is 2.51. The number of hydrogen-bond acceptors (Lipinski definition) is 4. The van der Waals surface area contributed by atoms with Crippen LogP contribution in [0.5, 0.6) is 17.2 Å². The highest BCUT2D eigenvalue weighted by molar-refractivity contribution is 7.91. The van der Waals surface area contributed by atoms with Crippen LogP contribution in [0.15, 0.2) is 82.6 Å². The molecular formula is C24H28O4S. The van der Waals surface area contributed by atoms with Crippen molar-refractivity contribution in [1.29, 1.82) is 0 Å². The van der Waals surface area contributed by atoms with E-state index in [4.69, 9.17) is 4.74 Å². The summed E-state index contributed by atoms with van der Waals surface area (Å²) in [5.74, 6) is 1.58. The molecule has 3 aromatic carbocycles. The Morgan fingerprint density at radius 1 is 0.759 bits per heavy atom. The van der Waals surface area contributed by atoms with Crippen molar-refractivity contribution in [1.82, 2.24) is 0 Å². The Bertz CT molecular complexity index is 988. The monoisotopic (exact) mass is 412 g/mol. The van der Waals surface area contributed by atoms with Crippen LogP contribution in [0.2, 0.25) is 0 Å². The van der Waals surface area contributed by atoms with Crippen molar-refractivity contribution in [3.05, 3.63) is 78.4 Å². The molecule has 0 aliphatic carbocycles. The van der Waals surface area contributed by atoms with Crippen molar-refractivity contribution in [3.63, 3.8) is 0 Å². The van der Waals surface area contributed by atoms with E-state index in [-0.39, 0.29) is 15.5 Å². The molecule has 4 nitrogen and oxygen atoms in total. The maximum absolute atomic E-state index is 12.8. The molecule has 3 rings (SSSR count). The zero-order valence-electron chi connectivity index (χ0n) is 17.3. The lowest BCUT2D eigenvalue weighted by atomic mass is 10.0. The van der Waals surface area contributed by atoms with Crippen LogP contribution < -0.4 is 4.74 Å². The molecule has 0 unspecified atom stereocenters. The van der Waals surface area contributed by atoms with Crippen molar-refractivity contribution >= 4 is 9.84 Å². The standard InChI is InChI=1S/C21H20O4S.C3H8/c1-15(2)16-3-11-20(12-4-16)26(23,24)21-13-9-19(10-14-21)25-18-7-5-17(22)6-8-18;1-3-2/h3-15,22H,1-2H3;3H2,1-2H3. The minimum absolute atomic E-state index is 0.155. The van der Waals surface area contributed by atoms with Crippen LogP contribution in [0.25, 0.3) is 0 Å². The van der Waals surface area contributed by atoms with Crippen LogP contribution in [-0.2, 0) is 9.84 Å². The van der Waals surface area contributed by atoms with E-state index in [0.717, 1.165) is 5.56 Å². The third-order valence-electron chi connectivity index (χ3n) is 4.06. The van der Waals surface area contributed by atoms with Crippen LogP contribution in [-0.4, -0.2) is 13.5 Å². The second-order valence-corrected chi connectivity index (χ2v) is 8.95. The molecule has 0 fully saturated rings. The van der Waals surface area contributed by atoms with E-state index >= 15 is 0 Å². The van der Waals surface area contributed by atoms with E-state index in [9.17, 15) is 13.5 Å². The summed E-state index contributed by atoms with van der Waals surface area (Å²) < 4.78 is 31.1. The van der Waals surface area contributed by atoms with Gasteiger partial charge in [-0.2, -0.15) is 0 Å². The maximum Gasteiger partial charge on any atom is 0.206 e. The predicted molar refractivity (Wildman–Crippen MR) is 117 cm³/mol. The Morgan fingerprint density at radius 2 is 1.14 bits per heavy atom. The van der Waals surface area contributed by atoms with Gasteiger partial charge in [-0.05, 0) is 72.1 Å². The molecule has 0 saturated heterocycles. The average Bonchev–Trinajstić information content (AvgIpc) is 2.71. The third kappa shape index (κ3) is 6.09. The molecule has 29 heavy (non-hydrogen) atoms. The van der Waals surface area contributed by atoms with E-state index < -0.39 is 9.84 Å². The number of aromatic hydroxyl groups is 1. The van der Waals surface area contributed by atoms with E-state index in [0.29, 0.717) is 17.4 Å². The minimum atomic E-state index is -3.57. The van der Waals surface area contributed by atoms with Crippen molar-refractivity contribution in [3.8, 4) is 17.2 Å². The largest absolute Gasteiger partial charge is 0.508 e. The summed E-state index contributed by atoms with van der Waals surface area (Å²) in [4.78, 5) is 0.488. The first-order chi connectivity index (χ1) is 13.8. The van der Waals surface area contributed by atoms with Crippen LogP contribution in [0, 0.1) is 0 Å². The van der Waals surface area contributed by atoms with Gasteiger partial charge in [0.1, 0.15) is 17.2 Å². The molecule has 1 N–H and O–H groups in total. The summed E-state index contributed by atoms with van der Waals surface area (Å²) in [7, 11) is -3.57. The van der Waals surface area contributed by atoms with Gasteiger partial charge in [-0.25, -0.2) is 8.42 Å². The second kappa shape index (κ2) is 10.1. The van der Waals surface area contributed by atoms with E-state index in [2.05, 4.69) is 27.7 Å². The lowest BCUT2D eigenvalue weighted by Crippen LogP contribution is -2.02. The summed E-state index contributed by atoms with van der Waals surface area (Å²) in [5, 5.41) is 9.28. The van der Waals surface area contributed by atoms with E-state index in [1.807, 2.05) is 12.1 Å². The van der Waals surface area contributed by atoms with Gasteiger partial charge in [0, 0.05) is 0 Å². The normalized spacial score (nSPS) is 10.9.